The summed E-state index contributed by atoms with van der Waals surface area (Å²) >= 11 is 0. The van der Waals surface area contributed by atoms with Crippen LogP contribution < -0.4 is 5.73 Å². The molecule has 1 aromatic carbocycles. The van der Waals surface area contributed by atoms with Gasteiger partial charge < -0.3 is 5.73 Å². The van der Waals surface area contributed by atoms with Crippen LogP contribution in [0.1, 0.15) is 37.9 Å². The van der Waals surface area contributed by atoms with E-state index in [9.17, 15) is 0 Å². The Hall–Kier alpha value is -1.33. The van der Waals surface area contributed by atoms with Crippen molar-refractivity contribution < 1.29 is 0 Å². The molecular formula is C12H16N2. The van der Waals surface area contributed by atoms with Crippen LogP contribution in [0.15, 0.2) is 24.3 Å². The van der Waals surface area contributed by atoms with Crippen molar-refractivity contribution >= 4 is 0 Å². The molecule has 2 heteroatoms. The Balaban J connectivity index is 2.96. The van der Waals surface area contributed by atoms with Crippen LogP contribution in [0.2, 0.25) is 0 Å². The van der Waals surface area contributed by atoms with Gasteiger partial charge in [0.15, 0.2) is 0 Å². The van der Waals surface area contributed by atoms with Crippen LogP contribution in [0.4, 0.5) is 0 Å². The fraction of sp³-hybridized carbons (Fsp3) is 0.417. The van der Waals surface area contributed by atoms with Gasteiger partial charge in [-0.25, -0.2) is 0 Å². The third-order valence-electron chi connectivity index (χ3n) is 2.27. The van der Waals surface area contributed by atoms with Crippen molar-refractivity contribution in [1.29, 1.82) is 5.26 Å². The second-order valence-electron chi connectivity index (χ2n) is 4.48. The summed E-state index contributed by atoms with van der Waals surface area (Å²) in [6.07, 6.45) is 0. The Kier molecular flexibility index (Phi) is 2.93. The van der Waals surface area contributed by atoms with E-state index in [1.165, 1.54) is 5.56 Å². The zero-order valence-corrected chi connectivity index (χ0v) is 8.91. The lowest BCUT2D eigenvalue weighted by Crippen LogP contribution is -2.12. The van der Waals surface area contributed by atoms with E-state index in [-0.39, 0.29) is 5.41 Å². The van der Waals surface area contributed by atoms with E-state index in [0.29, 0.717) is 0 Å². The second kappa shape index (κ2) is 3.81. The number of nitrogens with zero attached hydrogens (tertiary/aromatic N) is 1. The Morgan fingerprint density at radius 3 is 2.07 bits per heavy atom. The highest BCUT2D eigenvalue weighted by atomic mass is 14.6. The lowest BCUT2D eigenvalue weighted by Gasteiger charge is -2.19. The molecule has 0 fully saturated rings. The van der Waals surface area contributed by atoms with Crippen molar-refractivity contribution in [2.45, 2.75) is 32.2 Å². The smallest absolute Gasteiger partial charge is 0.118 e. The predicted molar refractivity (Wildman–Crippen MR) is 57.7 cm³/mol. The molecule has 0 aliphatic carbocycles. The molecule has 0 bridgehead atoms. The number of hydrogen-bond acceptors (Lipinski definition) is 2. The van der Waals surface area contributed by atoms with E-state index < -0.39 is 6.04 Å². The van der Waals surface area contributed by atoms with Crippen molar-refractivity contribution in [2.75, 3.05) is 0 Å². The van der Waals surface area contributed by atoms with Crippen LogP contribution in [0.25, 0.3) is 0 Å². The maximum atomic E-state index is 8.64. The summed E-state index contributed by atoms with van der Waals surface area (Å²) in [7, 11) is 0. The van der Waals surface area contributed by atoms with Crippen molar-refractivity contribution in [1.82, 2.24) is 0 Å². The van der Waals surface area contributed by atoms with E-state index in [4.69, 9.17) is 11.0 Å². The second-order valence-corrected chi connectivity index (χ2v) is 4.48. The minimum atomic E-state index is -0.510. The largest absolute Gasteiger partial charge is 0.312 e. The first kappa shape index (κ1) is 10.7. The van der Waals surface area contributed by atoms with E-state index in [2.05, 4.69) is 20.8 Å². The summed E-state index contributed by atoms with van der Waals surface area (Å²) in [5, 5.41) is 8.64. The van der Waals surface area contributed by atoms with Crippen LogP contribution in [0, 0.1) is 11.3 Å². The molecule has 2 N–H and O–H groups in total. The Labute approximate surface area is 85.4 Å². The van der Waals surface area contributed by atoms with Crippen LogP contribution >= 0.6 is 0 Å². The minimum Gasteiger partial charge on any atom is -0.312 e. The fourth-order valence-electron chi connectivity index (χ4n) is 1.26. The molecule has 0 heterocycles. The molecule has 2 nitrogen and oxygen atoms in total. The summed E-state index contributed by atoms with van der Waals surface area (Å²) in [4.78, 5) is 0. The van der Waals surface area contributed by atoms with Crippen molar-refractivity contribution in [2.24, 2.45) is 5.73 Å². The SMILES string of the molecule is CC(C)(C)c1ccc([C@H](N)C#N)cc1. The molecule has 0 aromatic heterocycles. The van der Waals surface area contributed by atoms with Gasteiger partial charge in [0.2, 0.25) is 0 Å². The monoisotopic (exact) mass is 188 g/mol. The van der Waals surface area contributed by atoms with Gasteiger partial charge in [-0.1, -0.05) is 45.0 Å². The molecule has 0 radical (unpaired) electrons. The lowest BCUT2D eigenvalue weighted by atomic mass is 9.86. The zero-order valence-electron chi connectivity index (χ0n) is 8.91. The molecule has 1 atom stereocenters. The highest BCUT2D eigenvalue weighted by molar-refractivity contribution is 5.31. The minimum absolute atomic E-state index is 0.148. The quantitative estimate of drug-likeness (QED) is 0.736. The average molecular weight is 188 g/mol. The Bertz CT molecular complexity index is 338. The zero-order chi connectivity index (χ0) is 10.8. The molecule has 0 saturated carbocycles. The van der Waals surface area contributed by atoms with E-state index in [1.54, 1.807) is 0 Å². The predicted octanol–water partition coefficient (Wildman–Crippen LogP) is 2.51. The summed E-state index contributed by atoms with van der Waals surface area (Å²) in [5.41, 5.74) is 7.87. The molecular weight excluding hydrogens is 172 g/mol. The first-order chi connectivity index (χ1) is 6.45. The van der Waals surface area contributed by atoms with Gasteiger partial charge in [-0.15, -0.1) is 0 Å². The van der Waals surface area contributed by atoms with Gasteiger partial charge in [0.25, 0.3) is 0 Å². The summed E-state index contributed by atoms with van der Waals surface area (Å²) in [6.45, 7) is 6.48. The van der Waals surface area contributed by atoms with Crippen molar-refractivity contribution in [3.05, 3.63) is 35.4 Å². The highest BCUT2D eigenvalue weighted by Crippen LogP contribution is 2.23. The summed E-state index contributed by atoms with van der Waals surface area (Å²) in [6, 6.07) is 9.43. The number of hydrogen-bond donors (Lipinski definition) is 1. The third kappa shape index (κ3) is 2.34. The van der Waals surface area contributed by atoms with Crippen LogP contribution in [-0.4, -0.2) is 0 Å². The van der Waals surface area contributed by atoms with Gasteiger partial charge in [-0.05, 0) is 16.5 Å². The van der Waals surface area contributed by atoms with Crippen molar-refractivity contribution in [3.8, 4) is 6.07 Å². The van der Waals surface area contributed by atoms with Gasteiger partial charge >= 0.3 is 0 Å². The molecule has 0 amide bonds. The molecule has 0 unspecified atom stereocenters. The third-order valence-corrected chi connectivity index (χ3v) is 2.27. The van der Waals surface area contributed by atoms with Gasteiger partial charge in [0.1, 0.15) is 6.04 Å². The van der Waals surface area contributed by atoms with Gasteiger partial charge in [-0.2, -0.15) is 5.26 Å². The molecule has 14 heavy (non-hydrogen) atoms. The van der Waals surface area contributed by atoms with Gasteiger partial charge in [0, 0.05) is 0 Å². The van der Waals surface area contributed by atoms with Gasteiger partial charge in [0.05, 0.1) is 6.07 Å². The number of nitrogens with two attached hydrogens (primary N) is 1. The van der Waals surface area contributed by atoms with Crippen LogP contribution in [0.3, 0.4) is 0 Å². The van der Waals surface area contributed by atoms with Crippen LogP contribution in [0.5, 0.6) is 0 Å². The molecule has 0 saturated heterocycles. The molecule has 0 spiro atoms. The topological polar surface area (TPSA) is 49.8 Å². The maximum Gasteiger partial charge on any atom is 0.118 e. The van der Waals surface area contributed by atoms with E-state index >= 15 is 0 Å². The highest BCUT2D eigenvalue weighted by Gasteiger charge is 2.13. The standard InChI is InChI=1S/C12H16N2/c1-12(2,3)10-6-4-9(5-7-10)11(14)8-13/h4-7,11H,14H2,1-3H3/t11-/m1/s1. The normalized spacial score (nSPS) is 13.4. The molecule has 0 aliphatic heterocycles. The number of nitriles is 1. The first-order valence-corrected chi connectivity index (χ1v) is 4.71. The average Bonchev–Trinajstić information content (AvgIpc) is 2.15. The van der Waals surface area contributed by atoms with Gasteiger partial charge in [-0.3, -0.25) is 0 Å². The molecule has 0 aliphatic rings. The number of benzene rings is 1. The fourth-order valence-corrected chi connectivity index (χ4v) is 1.26. The van der Waals surface area contributed by atoms with E-state index in [0.717, 1.165) is 5.56 Å². The summed E-state index contributed by atoms with van der Waals surface area (Å²) in [5.74, 6) is 0. The molecule has 1 aromatic rings. The molecule has 74 valence electrons. The Morgan fingerprint density at radius 1 is 1.21 bits per heavy atom. The number of rotatable bonds is 1. The van der Waals surface area contributed by atoms with E-state index in [1.807, 2.05) is 30.3 Å². The lowest BCUT2D eigenvalue weighted by molar-refractivity contribution is 0.590. The Morgan fingerprint density at radius 2 is 1.71 bits per heavy atom. The molecule has 1 rings (SSSR count). The van der Waals surface area contributed by atoms with Crippen LogP contribution in [-0.2, 0) is 5.41 Å². The maximum absolute atomic E-state index is 8.64. The van der Waals surface area contributed by atoms with Crippen molar-refractivity contribution in [3.63, 3.8) is 0 Å². The first-order valence-electron chi connectivity index (χ1n) is 4.71. The summed E-state index contributed by atoms with van der Waals surface area (Å²) < 4.78 is 0.